The van der Waals surface area contributed by atoms with E-state index in [1.807, 2.05) is 26.8 Å². The Morgan fingerprint density at radius 1 is 1.26 bits per heavy atom. The van der Waals surface area contributed by atoms with Gasteiger partial charge in [0.25, 0.3) is 0 Å². The summed E-state index contributed by atoms with van der Waals surface area (Å²) in [5.74, 6) is 1.79. The number of hydrogen-bond donors (Lipinski definition) is 0. The van der Waals surface area contributed by atoms with E-state index < -0.39 is 0 Å². The lowest BCUT2D eigenvalue weighted by Crippen LogP contribution is -2.23. The van der Waals surface area contributed by atoms with Gasteiger partial charge in [0.15, 0.2) is 0 Å². The normalized spacial score (nSPS) is 20.3. The van der Waals surface area contributed by atoms with Gasteiger partial charge in [0.2, 0.25) is 0 Å². The molecule has 2 aromatic rings. The number of aryl methyl sites for hydroxylation is 3. The average Bonchev–Trinajstić information content (AvgIpc) is 3.06. The molecule has 102 valence electrons. The summed E-state index contributed by atoms with van der Waals surface area (Å²) in [5.41, 5.74) is 3.23. The molecule has 3 rings (SSSR count). The maximum atomic E-state index is 5.24. The van der Waals surface area contributed by atoms with E-state index in [1.54, 1.807) is 0 Å². The summed E-state index contributed by atoms with van der Waals surface area (Å²) in [6.45, 7) is 7.86. The molecule has 1 aliphatic heterocycles. The maximum Gasteiger partial charge on any atom is 0.138 e. The highest BCUT2D eigenvalue weighted by Crippen LogP contribution is 2.33. The predicted octanol–water partition coefficient (Wildman–Crippen LogP) is 2.92. The molecule has 0 radical (unpaired) electrons. The van der Waals surface area contributed by atoms with Gasteiger partial charge in [-0.15, -0.1) is 0 Å². The van der Waals surface area contributed by atoms with Crippen molar-refractivity contribution < 1.29 is 9.05 Å². The van der Waals surface area contributed by atoms with Crippen LogP contribution in [-0.4, -0.2) is 21.8 Å². The Hall–Kier alpha value is -1.62. The molecule has 1 aliphatic rings. The Bertz CT molecular complexity index is 554. The molecule has 5 nitrogen and oxygen atoms in total. The van der Waals surface area contributed by atoms with Gasteiger partial charge in [-0.1, -0.05) is 10.3 Å². The van der Waals surface area contributed by atoms with E-state index in [1.165, 1.54) is 12.0 Å². The van der Waals surface area contributed by atoms with Crippen LogP contribution in [0.15, 0.2) is 15.1 Å². The van der Waals surface area contributed by atoms with E-state index in [-0.39, 0.29) is 0 Å². The van der Waals surface area contributed by atoms with E-state index in [2.05, 4.69) is 15.2 Å². The molecule has 0 amide bonds. The van der Waals surface area contributed by atoms with E-state index in [4.69, 9.17) is 9.05 Å². The molecule has 0 bridgehead atoms. The Labute approximate surface area is 112 Å². The lowest BCUT2D eigenvalue weighted by molar-refractivity contribution is 0.235. The summed E-state index contributed by atoms with van der Waals surface area (Å²) in [4.78, 5) is 2.43. The van der Waals surface area contributed by atoms with Gasteiger partial charge in [0.1, 0.15) is 17.2 Å². The van der Waals surface area contributed by atoms with Crippen LogP contribution in [0.4, 0.5) is 0 Å². The molecule has 1 fully saturated rings. The van der Waals surface area contributed by atoms with E-state index >= 15 is 0 Å². The first-order chi connectivity index (χ1) is 9.15. The van der Waals surface area contributed by atoms with Gasteiger partial charge in [0.05, 0.1) is 11.7 Å². The Kier molecular flexibility index (Phi) is 3.14. The molecule has 0 spiro atoms. The topological polar surface area (TPSA) is 55.3 Å². The smallest absolute Gasteiger partial charge is 0.138 e. The summed E-state index contributed by atoms with van der Waals surface area (Å²) in [5, 5.41) is 8.19. The monoisotopic (exact) mass is 261 g/mol. The van der Waals surface area contributed by atoms with Crippen LogP contribution in [0, 0.1) is 20.8 Å². The summed E-state index contributed by atoms with van der Waals surface area (Å²) in [7, 11) is 0. The number of likely N-dealkylation sites (tertiary alicyclic amines) is 1. The SMILES string of the molecule is Cc1cc(C2CCCN2Cc2c(C)noc2C)no1. The van der Waals surface area contributed by atoms with Crippen molar-refractivity contribution in [3.8, 4) is 0 Å². The third-order valence-electron chi connectivity index (χ3n) is 3.89. The highest BCUT2D eigenvalue weighted by molar-refractivity contribution is 5.21. The zero-order chi connectivity index (χ0) is 13.4. The van der Waals surface area contributed by atoms with E-state index in [0.717, 1.165) is 42.4 Å². The Morgan fingerprint density at radius 2 is 2.11 bits per heavy atom. The quantitative estimate of drug-likeness (QED) is 0.850. The van der Waals surface area contributed by atoms with Gasteiger partial charge in [-0.2, -0.15) is 0 Å². The standard InChI is InChI=1S/C14H19N3O2/c1-9-7-13(16-18-9)14-5-4-6-17(14)8-12-10(2)15-19-11(12)3/h7,14H,4-6,8H2,1-3H3. The third-order valence-corrected chi connectivity index (χ3v) is 3.89. The lowest BCUT2D eigenvalue weighted by atomic mass is 10.1. The number of nitrogens with zero attached hydrogens (tertiary/aromatic N) is 3. The van der Waals surface area contributed by atoms with Gasteiger partial charge in [-0.25, -0.2) is 0 Å². The highest BCUT2D eigenvalue weighted by Gasteiger charge is 2.29. The second kappa shape index (κ2) is 4.81. The zero-order valence-electron chi connectivity index (χ0n) is 11.6. The van der Waals surface area contributed by atoms with Crippen LogP contribution in [0.2, 0.25) is 0 Å². The Morgan fingerprint density at radius 3 is 2.74 bits per heavy atom. The summed E-state index contributed by atoms with van der Waals surface area (Å²) in [6, 6.07) is 2.39. The van der Waals surface area contributed by atoms with Crippen LogP contribution in [-0.2, 0) is 6.54 Å². The van der Waals surface area contributed by atoms with Crippen molar-refractivity contribution in [2.24, 2.45) is 0 Å². The average molecular weight is 261 g/mol. The third kappa shape index (κ3) is 2.30. The lowest BCUT2D eigenvalue weighted by Gasteiger charge is -2.22. The second-order valence-electron chi connectivity index (χ2n) is 5.29. The van der Waals surface area contributed by atoms with Gasteiger partial charge >= 0.3 is 0 Å². The first kappa shape index (κ1) is 12.4. The van der Waals surface area contributed by atoms with Crippen LogP contribution < -0.4 is 0 Å². The van der Waals surface area contributed by atoms with Crippen LogP contribution in [0.5, 0.6) is 0 Å². The van der Waals surface area contributed by atoms with Crippen molar-refractivity contribution in [2.45, 2.75) is 46.2 Å². The minimum atomic E-state index is 0.353. The molecule has 1 saturated heterocycles. The molecule has 3 heterocycles. The molecule has 1 unspecified atom stereocenters. The number of hydrogen-bond acceptors (Lipinski definition) is 5. The summed E-state index contributed by atoms with van der Waals surface area (Å²) >= 11 is 0. The minimum Gasteiger partial charge on any atom is -0.361 e. The first-order valence-electron chi connectivity index (χ1n) is 6.74. The molecule has 2 aromatic heterocycles. The van der Waals surface area contributed by atoms with Crippen molar-refractivity contribution in [1.82, 2.24) is 15.2 Å². The van der Waals surface area contributed by atoms with Crippen LogP contribution >= 0.6 is 0 Å². The van der Waals surface area contributed by atoms with Crippen molar-refractivity contribution in [3.63, 3.8) is 0 Å². The second-order valence-corrected chi connectivity index (χ2v) is 5.29. The molecule has 5 heteroatoms. The summed E-state index contributed by atoms with van der Waals surface area (Å²) in [6.07, 6.45) is 2.33. The maximum absolute atomic E-state index is 5.24. The summed E-state index contributed by atoms with van der Waals surface area (Å²) < 4.78 is 10.4. The van der Waals surface area contributed by atoms with Crippen LogP contribution in [0.1, 0.15) is 47.4 Å². The van der Waals surface area contributed by atoms with E-state index in [9.17, 15) is 0 Å². The van der Waals surface area contributed by atoms with Gasteiger partial charge in [-0.3, -0.25) is 4.90 Å². The van der Waals surface area contributed by atoms with E-state index in [0.29, 0.717) is 6.04 Å². The van der Waals surface area contributed by atoms with Crippen molar-refractivity contribution in [1.29, 1.82) is 0 Å². The van der Waals surface area contributed by atoms with Gasteiger partial charge < -0.3 is 9.05 Å². The van der Waals surface area contributed by atoms with Crippen molar-refractivity contribution in [3.05, 3.63) is 34.5 Å². The van der Waals surface area contributed by atoms with Crippen molar-refractivity contribution in [2.75, 3.05) is 6.54 Å². The minimum absolute atomic E-state index is 0.353. The zero-order valence-corrected chi connectivity index (χ0v) is 11.6. The Balaban J connectivity index is 1.80. The van der Waals surface area contributed by atoms with Crippen LogP contribution in [0.25, 0.3) is 0 Å². The molecule has 0 saturated carbocycles. The predicted molar refractivity (Wildman–Crippen MR) is 69.6 cm³/mol. The van der Waals surface area contributed by atoms with Gasteiger partial charge in [-0.05, 0) is 40.2 Å². The molecule has 1 atom stereocenters. The van der Waals surface area contributed by atoms with Crippen LogP contribution in [0.3, 0.4) is 0 Å². The highest BCUT2D eigenvalue weighted by atomic mass is 16.5. The molecular formula is C14H19N3O2. The first-order valence-corrected chi connectivity index (χ1v) is 6.74. The van der Waals surface area contributed by atoms with Gasteiger partial charge in [0, 0.05) is 18.2 Å². The largest absolute Gasteiger partial charge is 0.361 e. The fourth-order valence-corrected chi connectivity index (χ4v) is 2.82. The molecular weight excluding hydrogens is 242 g/mol. The van der Waals surface area contributed by atoms with Crippen molar-refractivity contribution >= 4 is 0 Å². The fourth-order valence-electron chi connectivity index (χ4n) is 2.82. The fraction of sp³-hybridized carbons (Fsp3) is 0.571. The molecule has 0 aromatic carbocycles. The molecule has 0 N–H and O–H groups in total. The molecule has 19 heavy (non-hydrogen) atoms. The number of aromatic nitrogens is 2. The number of rotatable bonds is 3. The molecule has 0 aliphatic carbocycles.